The van der Waals surface area contributed by atoms with Crippen LogP contribution in [-0.4, -0.2) is 28.8 Å². The summed E-state index contributed by atoms with van der Waals surface area (Å²) in [6.07, 6.45) is -4.60. The minimum Gasteiger partial charge on any atom is -0.468 e. The van der Waals surface area contributed by atoms with Crippen LogP contribution in [0.15, 0.2) is 11.1 Å². The third kappa shape index (κ3) is 4.10. The first kappa shape index (κ1) is 13.6. The van der Waals surface area contributed by atoms with Crippen molar-refractivity contribution in [2.75, 3.05) is 18.6 Å². The minimum absolute atomic E-state index is 0.0322. The number of esters is 1. The number of carbonyl (C=O) groups excluding carboxylic acids is 1. The molecule has 0 aliphatic rings. The first-order chi connectivity index (χ1) is 7.82. The maximum Gasteiger partial charge on any atom is 0.433 e. The molecule has 94 valence electrons. The number of methoxy groups -OCH3 is 1. The van der Waals surface area contributed by atoms with E-state index in [4.69, 9.17) is 5.73 Å². The fraction of sp³-hybridized carbons (Fsp3) is 0.375. The van der Waals surface area contributed by atoms with Crippen molar-refractivity contribution in [3.05, 3.63) is 11.8 Å². The van der Waals surface area contributed by atoms with Crippen LogP contribution in [0.4, 0.5) is 19.1 Å². The Morgan fingerprint density at radius 3 is 2.71 bits per heavy atom. The van der Waals surface area contributed by atoms with E-state index in [0.717, 1.165) is 17.8 Å². The lowest BCUT2D eigenvalue weighted by Crippen LogP contribution is -2.11. The molecule has 0 aromatic carbocycles. The lowest BCUT2D eigenvalue weighted by Gasteiger charge is -2.07. The van der Waals surface area contributed by atoms with Gasteiger partial charge in [0.15, 0.2) is 5.69 Å². The van der Waals surface area contributed by atoms with E-state index in [9.17, 15) is 18.0 Å². The van der Waals surface area contributed by atoms with Crippen LogP contribution >= 0.6 is 11.8 Å². The van der Waals surface area contributed by atoms with E-state index in [2.05, 4.69) is 14.7 Å². The van der Waals surface area contributed by atoms with Crippen molar-refractivity contribution in [3.63, 3.8) is 0 Å². The van der Waals surface area contributed by atoms with E-state index >= 15 is 0 Å². The number of nitrogen functional groups attached to an aromatic ring is 1. The summed E-state index contributed by atoms with van der Waals surface area (Å²) in [4.78, 5) is 17.5. The molecule has 9 heteroatoms. The second-order valence-electron chi connectivity index (χ2n) is 2.81. The van der Waals surface area contributed by atoms with Crippen LogP contribution in [0, 0.1) is 0 Å². The van der Waals surface area contributed by atoms with Crippen LogP contribution in [0.1, 0.15) is 5.69 Å². The summed E-state index contributed by atoms with van der Waals surface area (Å²) < 4.78 is 41.4. The fourth-order valence-corrected chi connectivity index (χ4v) is 1.59. The third-order valence-corrected chi connectivity index (χ3v) is 2.46. The van der Waals surface area contributed by atoms with Gasteiger partial charge in [-0.15, -0.1) is 0 Å². The van der Waals surface area contributed by atoms with Crippen LogP contribution in [0.2, 0.25) is 0 Å². The monoisotopic (exact) mass is 267 g/mol. The molecule has 0 radical (unpaired) electrons. The summed E-state index contributed by atoms with van der Waals surface area (Å²) >= 11 is 0.792. The van der Waals surface area contributed by atoms with Gasteiger partial charge in [0.2, 0.25) is 5.95 Å². The molecule has 0 spiro atoms. The second kappa shape index (κ2) is 5.21. The average Bonchev–Trinajstić information content (AvgIpc) is 2.24. The van der Waals surface area contributed by atoms with Crippen molar-refractivity contribution >= 4 is 23.7 Å². The molecule has 0 bridgehead atoms. The summed E-state index contributed by atoms with van der Waals surface area (Å²) in [6, 6.07) is 0.726. The van der Waals surface area contributed by atoms with Gasteiger partial charge in [-0.3, -0.25) is 4.79 Å². The Hall–Kier alpha value is -1.51. The highest BCUT2D eigenvalue weighted by molar-refractivity contribution is 7.99. The van der Waals surface area contributed by atoms with Gasteiger partial charge in [-0.2, -0.15) is 13.2 Å². The number of rotatable bonds is 3. The zero-order valence-electron chi connectivity index (χ0n) is 8.61. The Balaban J connectivity index is 2.87. The number of nitrogens with two attached hydrogens (primary N) is 1. The van der Waals surface area contributed by atoms with Crippen molar-refractivity contribution in [1.82, 2.24) is 9.97 Å². The smallest absolute Gasteiger partial charge is 0.433 e. The number of carbonyl (C=O) groups is 1. The van der Waals surface area contributed by atoms with E-state index in [0.29, 0.717) is 0 Å². The van der Waals surface area contributed by atoms with Gasteiger partial charge in [0.1, 0.15) is 5.03 Å². The Morgan fingerprint density at radius 2 is 2.18 bits per heavy atom. The summed E-state index contributed by atoms with van der Waals surface area (Å²) in [6.45, 7) is 0. The Labute approximate surface area is 98.6 Å². The maximum atomic E-state index is 12.4. The summed E-state index contributed by atoms with van der Waals surface area (Å²) in [5.41, 5.74) is 4.00. The molecule has 2 N–H and O–H groups in total. The molecular formula is C8H8F3N3O2S. The maximum absolute atomic E-state index is 12.4. The van der Waals surface area contributed by atoms with Crippen LogP contribution in [-0.2, 0) is 15.7 Å². The zero-order valence-corrected chi connectivity index (χ0v) is 9.43. The predicted octanol–water partition coefficient (Wildman–Crippen LogP) is 1.34. The van der Waals surface area contributed by atoms with Gasteiger partial charge in [0.05, 0.1) is 12.9 Å². The predicted molar refractivity (Wildman–Crippen MR) is 54.2 cm³/mol. The molecular weight excluding hydrogens is 259 g/mol. The number of thioether (sulfide) groups is 1. The van der Waals surface area contributed by atoms with Crippen molar-refractivity contribution in [2.45, 2.75) is 11.2 Å². The van der Waals surface area contributed by atoms with Crippen LogP contribution in [0.25, 0.3) is 0 Å². The first-order valence-electron chi connectivity index (χ1n) is 4.24. The lowest BCUT2D eigenvalue weighted by molar-refractivity contribution is -0.141. The van der Waals surface area contributed by atoms with Gasteiger partial charge in [-0.25, -0.2) is 9.97 Å². The molecule has 0 unspecified atom stereocenters. The number of hydrogen-bond acceptors (Lipinski definition) is 6. The summed E-state index contributed by atoms with van der Waals surface area (Å²) in [7, 11) is 1.18. The highest BCUT2D eigenvalue weighted by atomic mass is 32.2. The number of ether oxygens (including phenoxy) is 1. The molecule has 0 saturated heterocycles. The molecule has 0 fully saturated rings. The number of alkyl halides is 3. The standard InChI is InChI=1S/C8H8F3N3O2S/c1-16-6(15)3-17-5-2-4(8(9,10)11)13-7(12)14-5/h2H,3H2,1H3,(H2,12,13,14). The SMILES string of the molecule is COC(=O)CSc1cc(C(F)(F)F)nc(N)n1. The van der Waals surface area contributed by atoms with Crippen LogP contribution < -0.4 is 5.73 Å². The molecule has 0 aliphatic heterocycles. The molecule has 1 aromatic rings. The quantitative estimate of drug-likeness (QED) is 0.506. The number of nitrogens with zero attached hydrogens (tertiary/aromatic N) is 2. The number of halogens is 3. The van der Waals surface area contributed by atoms with Crippen molar-refractivity contribution < 1.29 is 22.7 Å². The average molecular weight is 267 g/mol. The first-order valence-corrected chi connectivity index (χ1v) is 5.23. The molecule has 17 heavy (non-hydrogen) atoms. The summed E-state index contributed by atoms with van der Waals surface area (Å²) in [5.74, 6) is -1.21. The molecule has 1 aromatic heterocycles. The van der Waals surface area contributed by atoms with Gasteiger partial charge < -0.3 is 10.5 Å². The number of aromatic nitrogens is 2. The molecule has 0 aliphatic carbocycles. The molecule has 1 rings (SSSR count). The van der Waals surface area contributed by atoms with Gasteiger partial charge >= 0.3 is 12.1 Å². The fourth-order valence-electron chi connectivity index (χ4n) is 0.854. The van der Waals surface area contributed by atoms with E-state index in [1.54, 1.807) is 0 Å². The molecule has 0 atom stereocenters. The van der Waals surface area contributed by atoms with Crippen LogP contribution in [0.5, 0.6) is 0 Å². The molecule has 1 heterocycles. The normalized spacial score (nSPS) is 11.3. The highest BCUT2D eigenvalue weighted by Crippen LogP contribution is 2.30. The van der Waals surface area contributed by atoms with Gasteiger partial charge in [-0.05, 0) is 0 Å². The van der Waals surface area contributed by atoms with E-state index < -0.39 is 23.8 Å². The second-order valence-corrected chi connectivity index (χ2v) is 3.81. The Bertz CT molecular complexity index is 425. The third-order valence-electron chi connectivity index (χ3n) is 1.58. The number of hydrogen-bond donors (Lipinski definition) is 1. The lowest BCUT2D eigenvalue weighted by atomic mass is 10.4. The van der Waals surface area contributed by atoms with Crippen LogP contribution in [0.3, 0.4) is 0 Å². The minimum atomic E-state index is -4.60. The zero-order chi connectivity index (χ0) is 13.1. The van der Waals surface area contributed by atoms with E-state index in [-0.39, 0.29) is 10.8 Å². The van der Waals surface area contributed by atoms with E-state index in [1.807, 2.05) is 0 Å². The van der Waals surface area contributed by atoms with Crippen molar-refractivity contribution in [3.8, 4) is 0 Å². The van der Waals surface area contributed by atoms with Crippen molar-refractivity contribution in [1.29, 1.82) is 0 Å². The van der Waals surface area contributed by atoms with Gasteiger partial charge in [0, 0.05) is 6.07 Å². The number of anilines is 1. The highest BCUT2D eigenvalue weighted by Gasteiger charge is 2.33. The molecule has 5 nitrogen and oxygen atoms in total. The van der Waals surface area contributed by atoms with E-state index in [1.165, 1.54) is 7.11 Å². The topological polar surface area (TPSA) is 78.1 Å². The Kier molecular flexibility index (Phi) is 4.16. The largest absolute Gasteiger partial charge is 0.468 e. The van der Waals surface area contributed by atoms with Gasteiger partial charge in [0.25, 0.3) is 0 Å². The summed E-state index contributed by atoms with van der Waals surface area (Å²) in [5, 5.41) is -0.0322. The molecule has 0 saturated carbocycles. The van der Waals surface area contributed by atoms with Gasteiger partial charge in [-0.1, -0.05) is 11.8 Å². The van der Waals surface area contributed by atoms with Crippen molar-refractivity contribution in [2.24, 2.45) is 0 Å². The molecule has 0 amide bonds. The Morgan fingerprint density at radius 1 is 1.53 bits per heavy atom.